The Morgan fingerprint density at radius 1 is 1.14 bits per heavy atom. The summed E-state index contributed by atoms with van der Waals surface area (Å²) >= 11 is 0. The van der Waals surface area contributed by atoms with Crippen LogP contribution in [-0.2, 0) is 9.53 Å². The molecule has 1 aromatic heterocycles. The van der Waals surface area contributed by atoms with Crippen LogP contribution < -0.4 is 10.2 Å². The fourth-order valence-corrected chi connectivity index (χ4v) is 6.97. The number of amides is 1. The van der Waals surface area contributed by atoms with Crippen LogP contribution in [0, 0.1) is 22.2 Å². The highest BCUT2D eigenvalue weighted by Gasteiger charge is 2.86. The zero-order valence-corrected chi connectivity index (χ0v) is 20.6. The average molecular weight is 514 g/mol. The minimum atomic E-state index is -4.49. The van der Waals surface area contributed by atoms with Crippen molar-refractivity contribution in [1.29, 1.82) is 5.26 Å². The number of halogens is 3. The lowest BCUT2D eigenvalue weighted by molar-refractivity contribution is -0.191. The van der Waals surface area contributed by atoms with Crippen LogP contribution in [0.2, 0.25) is 0 Å². The van der Waals surface area contributed by atoms with E-state index in [-0.39, 0.29) is 25.6 Å². The summed E-state index contributed by atoms with van der Waals surface area (Å²) in [5.74, 6) is -0.474. The number of nitrogens with one attached hydrogen (secondary N) is 1. The third-order valence-electron chi connectivity index (χ3n) is 9.10. The topological polar surface area (TPSA) is 81.5 Å². The standard InChI is InChI=1S/C27H30F3N5O2/c28-27(29,30)26-15-25(26,24(36)33-19-4-6-20(7-5-19)34-10-12-37-13-11-34)16-35(17-26)22-8-3-18(14-31)23-21(22)2-1-9-32-23/h1-3,8-9,19-20H,4-7,10-13,15-17H2,(H,33,36)/t19?,20?,25-,26-/m0/s1. The highest BCUT2D eigenvalue weighted by atomic mass is 19.4. The van der Waals surface area contributed by atoms with E-state index in [0.717, 1.165) is 52.0 Å². The number of aromatic nitrogens is 1. The van der Waals surface area contributed by atoms with Crippen molar-refractivity contribution in [2.24, 2.45) is 10.8 Å². The molecule has 1 N–H and O–H groups in total. The number of hydrogen-bond donors (Lipinski definition) is 1. The molecule has 3 heterocycles. The normalized spacial score (nSPS) is 32.1. The molecule has 6 rings (SSSR count). The van der Waals surface area contributed by atoms with Gasteiger partial charge in [0.25, 0.3) is 0 Å². The molecule has 1 amide bonds. The maximum Gasteiger partial charge on any atom is 0.397 e. The highest BCUT2D eigenvalue weighted by Crippen LogP contribution is 2.75. The summed E-state index contributed by atoms with van der Waals surface area (Å²) in [7, 11) is 0. The molecule has 1 aromatic carbocycles. The van der Waals surface area contributed by atoms with Gasteiger partial charge >= 0.3 is 6.18 Å². The van der Waals surface area contributed by atoms with Gasteiger partial charge in [-0.3, -0.25) is 14.7 Å². The molecule has 2 saturated carbocycles. The molecule has 2 aliphatic carbocycles. The first-order valence-corrected chi connectivity index (χ1v) is 13.0. The predicted molar refractivity (Wildman–Crippen MR) is 131 cm³/mol. The number of carbonyl (C=O) groups is 1. The van der Waals surface area contributed by atoms with Gasteiger partial charge in [0.15, 0.2) is 0 Å². The van der Waals surface area contributed by atoms with Gasteiger partial charge in [-0.2, -0.15) is 18.4 Å². The number of pyridine rings is 1. The largest absolute Gasteiger partial charge is 0.397 e. The Morgan fingerprint density at radius 3 is 2.59 bits per heavy atom. The number of piperidine rings is 1. The van der Waals surface area contributed by atoms with Gasteiger partial charge in [-0.25, -0.2) is 0 Å². The van der Waals surface area contributed by atoms with Crippen LogP contribution >= 0.6 is 0 Å². The number of nitrogens with zero attached hydrogens (tertiary/aromatic N) is 4. The lowest BCUT2D eigenvalue weighted by atomic mass is 9.88. The zero-order chi connectivity index (χ0) is 25.8. The van der Waals surface area contributed by atoms with Crippen molar-refractivity contribution in [2.45, 2.75) is 50.4 Å². The Morgan fingerprint density at radius 2 is 1.89 bits per heavy atom. The molecule has 2 atom stereocenters. The number of benzene rings is 1. The van der Waals surface area contributed by atoms with Crippen molar-refractivity contribution in [3.63, 3.8) is 0 Å². The van der Waals surface area contributed by atoms with Gasteiger partial charge in [0.1, 0.15) is 11.5 Å². The third kappa shape index (κ3) is 3.86. The van der Waals surface area contributed by atoms with E-state index in [4.69, 9.17) is 4.74 Å². The minimum absolute atomic E-state index is 0.00262. The predicted octanol–water partition coefficient (Wildman–Crippen LogP) is 3.62. The van der Waals surface area contributed by atoms with Crippen molar-refractivity contribution in [3.05, 3.63) is 36.0 Å². The van der Waals surface area contributed by atoms with E-state index in [0.29, 0.717) is 28.2 Å². The van der Waals surface area contributed by atoms with Gasteiger partial charge in [0, 0.05) is 55.5 Å². The number of anilines is 1. The first-order chi connectivity index (χ1) is 17.8. The van der Waals surface area contributed by atoms with Crippen LogP contribution in [-0.4, -0.2) is 73.4 Å². The van der Waals surface area contributed by atoms with Gasteiger partial charge in [-0.05, 0) is 56.4 Å². The molecule has 0 radical (unpaired) electrons. The van der Waals surface area contributed by atoms with Gasteiger partial charge < -0.3 is 15.0 Å². The SMILES string of the molecule is N#Cc1ccc(N2C[C@]3(C(=O)NC4CCC(N5CCOCC5)CC4)C[C@]3(C(F)(F)F)C2)c2cccnc12. The lowest BCUT2D eigenvalue weighted by Gasteiger charge is -2.39. The Balaban J connectivity index is 1.20. The quantitative estimate of drug-likeness (QED) is 0.673. The summed E-state index contributed by atoms with van der Waals surface area (Å²) in [6, 6.07) is 9.19. The van der Waals surface area contributed by atoms with E-state index in [1.54, 1.807) is 35.4 Å². The van der Waals surface area contributed by atoms with E-state index in [1.807, 2.05) is 0 Å². The number of ether oxygens (including phenoxy) is 1. The Hall–Kier alpha value is -2.90. The molecule has 0 unspecified atom stereocenters. The smallest absolute Gasteiger partial charge is 0.379 e. The number of nitriles is 1. The van der Waals surface area contributed by atoms with Crippen molar-refractivity contribution < 1.29 is 22.7 Å². The van der Waals surface area contributed by atoms with Gasteiger partial charge in [0.2, 0.25) is 5.91 Å². The maximum absolute atomic E-state index is 14.5. The fraction of sp³-hybridized carbons (Fsp3) is 0.593. The van der Waals surface area contributed by atoms with Crippen LogP contribution in [0.3, 0.4) is 0 Å². The number of hydrogen-bond acceptors (Lipinski definition) is 6. The molecule has 0 spiro atoms. The molecular weight excluding hydrogens is 483 g/mol. The second-order valence-electron chi connectivity index (χ2n) is 11.0. The van der Waals surface area contributed by atoms with Gasteiger partial charge in [-0.15, -0.1) is 0 Å². The molecule has 2 aliphatic heterocycles. The molecule has 2 aromatic rings. The number of carbonyl (C=O) groups excluding carboxylic acids is 1. The summed E-state index contributed by atoms with van der Waals surface area (Å²) in [5, 5.41) is 13.1. The van der Waals surface area contributed by atoms with Crippen molar-refractivity contribution >= 4 is 22.5 Å². The third-order valence-corrected chi connectivity index (χ3v) is 9.10. The molecule has 4 aliphatic rings. The van der Waals surface area contributed by atoms with E-state index in [9.17, 15) is 23.2 Å². The summed E-state index contributed by atoms with van der Waals surface area (Å²) in [6.45, 7) is 3.02. The maximum atomic E-state index is 14.5. The van der Waals surface area contributed by atoms with Crippen molar-refractivity contribution in [2.75, 3.05) is 44.3 Å². The monoisotopic (exact) mass is 513 g/mol. The van der Waals surface area contributed by atoms with E-state index in [2.05, 4.69) is 21.3 Å². The molecule has 196 valence electrons. The van der Waals surface area contributed by atoms with Crippen LogP contribution in [0.25, 0.3) is 10.9 Å². The molecule has 0 bridgehead atoms. The molecule has 10 heteroatoms. The summed E-state index contributed by atoms with van der Waals surface area (Å²) in [6.07, 6.45) is 0.304. The molecule has 4 fully saturated rings. The minimum Gasteiger partial charge on any atom is -0.379 e. The van der Waals surface area contributed by atoms with Gasteiger partial charge in [0.05, 0.1) is 29.7 Å². The molecular formula is C27H30F3N5O2. The summed E-state index contributed by atoms with van der Waals surface area (Å²) in [4.78, 5) is 21.9. The van der Waals surface area contributed by atoms with E-state index >= 15 is 0 Å². The Bertz CT molecular complexity index is 1250. The number of morpholine rings is 1. The fourth-order valence-electron chi connectivity index (χ4n) is 6.97. The number of rotatable bonds is 4. The van der Waals surface area contributed by atoms with Crippen LogP contribution in [0.1, 0.15) is 37.7 Å². The molecule has 7 nitrogen and oxygen atoms in total. The number of fused-ring (bicyclic) bond motifs is 2. The second kappa shape index (κ2) is 8.84. The van der Waals surface area contributed by atoms with E-state index in [1.165, 1.54) is 0 Å². The average Bonchev–Trinajstić information content (AvgIpc) is 3.46. The van der Waals surface area contributed by atoms with Crippen molar-refractivity contribution in [3.8, 4) is 6.07 Å². The van der Waals surface area contributed by atoms with Crippen LogP contribution in [0.5, 0.6) is 0 Å². The summed E-state index contributed by atoms with van der Waals surface area (Å²) < 4.78 is 48.9. The molecule has 2 saturated heterocycles. The Labute approximate surface area is 213 Å². The summed E-state index contributed by atoms with van der Waals surface area (Å²) in [5.41, 5.74) is -2.14. The number of alkyl halides is 3. The first kappa shape index (κ1) is 24.4. The highest BCUT2D eigenvalue weighted by molar-refractivity contribution is 5.97. The first-order valence-electron chi connectivity index (χ1n) is 13.0. The van der Waals surface area contributed by atoms with E-state index < -0.39 is 22.9 Å². The zero-order valence-electron chi connectivity index (χ0n) is 20.6. The lowest BCUT2D eigenvalue weighted by Crippen LogP contribution is -2.49. The van der Waals surface area contributed by atoms with Crippen LogP contribution in [0.4, 0.5) is 18.9 Å². The van der Waals surface area contributed by atoms with Crippen molar-refractivity contribution in [1.82, 2.24) is 15.2 Å². The van der Waals surface area contributed by atoms with Crippen LogP contribution in [0.15, 0.2) is 30.5 Å². The Kier molecular flexibility index (Phi) is 5.84. The van der Waals surface area contributed by atoms with Gasteiger partial charge in [-0.1, -0.05) is 0 Å². The molecule has 37 heavy (non-hydrogen) atoms. The second-order valence-corrected chi connectivity index (χ2v) is 11.0.